The monoisotopic (exact) mass is 281 g/mol. The quantitative estimate of drug-likeness (QED) is 0.669. The molecule has 0 bridgehead atoms. The van der Waals surface area contributed by atoms with Gasteiger partial charge in [0.25, 0.3) is 0 Å². The maximum atomic E-state index is 6.18. The average Bonchev–Trinajstić information content (AvgIpc) is 2.38. The number of hydrazine groups is 1. The van der Waals surface area contributed by atoms with Crippen molar-refractivity contribution in [3.63, 3.8) is 0 Å². The number of nitrogens with one attached hydrogen (secondary N) is 1. The summed E-state index contributed by atoms with van der Waals surface area (Å²) < 4.78 is 0. The molecule has 5 heteroatoms. The molecule has 94 valence electrons. The summed E-state index contributed by atoms with van der Waals surface area (Å²) in [5.41, 5.74) is 4.85. The minimum atomic E-state index is -0.0582. The maximum absolute atomic E-state index is 6.18. The van der Waals surface area contributed by atoms with Gasteiger partial charge in [-0.25, -0.2) is 0 Å². The van der Waals surface area contributed by atoms with E-state index in [1.165, 1.54) is 0 Å². The number of hydrogen-bond donors (Lipinski definition) is 2. The van der Waals surface area contributed by atoms with E-state index in [0.29, 0.717) is 10.0 Å². The summed E-state index contributed by atoms with van der Waals surface area (Å²) >= 11 is 12.1. The second-order valence-corrected chi connectivity index (χ2v) is 4.79. The number of aromatic nitrogens is 1. The van der Waals surface area contributed by atoms with Crippen molar-refractivity contribution in [1.29, 1.82) is 0 Å². The van der Waals surface area contributed by atoms with E-state index in [4.69, 9.17) is 29.0 Å². The maximum Gasteiger partial charge on any atom is 0.0515 e. The molecule has 18 heavy (non-hydrogen) atoms. The molecule has 2 rings (SSSR count). The molecular weight excluding hydrogens is 269 g/mol. The summed E-state index contributed by atoms with van der Waals surface area (Å²) in [6.45, 7) is 0. The van der Waals surface area contributed by atoms with Gasteiger partial charge < -0.3 is 0 Å². The normalized spacial score (nSPS) is 12.4. The third-order valence-corrected chi connectivity index (χ3v) is 3.29. The Morgan fingerprint density at radius 3 is 2.50 bits per heavy atom. The van der Waals surface area contributed by atoms with Crippen LogP contribution in [0.15, 0.2) is 42.7 Å². The van der Waals surface area contributed by atoms with Crippen LogP contribution in [0.5, 0.6) is 0 Å². The molecule has 1 atom stereocenters. The summed E-state index contributed by atoms with van der Waals surface area (Å²) in [5, 5.41) is 1.22. The molecule has 0 radical (unpaired) electrons. The average molecular weight is 282 g/mol. The van der Waals surface area contributed by atoms with Crippen LogP contribution in [0.25, 0.3) is 0 Å². The molecule has 2 aromatic rings. The van der Waals surface area contributed by atoms with Crippen LogP contribution in [0.3, 0.4) is 0 Å². The molecule has 0 spiro atoms. The minimum absolute atomic E-state index is 0.0582. The SMILES string of the molecule is NNC(Cc1ccncc1)c1ccc(Cl)cc1Cl. The van der Waals surface area contributed by atoms with E-state index in [2.05, 4.69) is 10.4 Å². The molecule has 1 unspecified atom stereocenters. The Hall–Kier alpha value is -1.13. The van der Waals surface area contributed by atoms with E-state index >= 15 is 0 Å². The number of halogens is 2. The molecule has 0 amide bonds. The minimum Gasteiger partial charge on any atom is -0.271 e. The Morgan fingerprint density at radius 1 is 1.17 bits per heavy atom. The molecule has 1 aromatic heterocycles. The first-order valence-corrected chi connectivity index (χ1v) is 6.26. The van der Waals surface area contributed by atoms with Gasteiger partial charge in [0.05, 0.1) is 6.04 Å². The molecule has 0 aliphatic heterocycles. The molecule has 0 fully saturated rings. The molecule has 0 aliphatic carbocycles. The highest BCUT2D eigenvalue weighted by molar-refractivity contribution is 6.35. The lowest BCUT2D eigenvalue weighted by molar-refractivity contribution is 0.552. The van der Waals surface area contributed by atoms with Gasteiger partial charge in [-0.1, -0.05) is 29.3 Å². The van der Waals surface area contributed by atoms with Gasteiger partial charge in [0.1, 0.15) is 0 Å². The lowest BCUT2D eigenvalue weighted by Gasteiger charge is -2.17. The Balaban J connectivity index is 2.23. The van der Waals surface area contributed by atoms with Crippen molar-refractivity contribution in [3.8, 4) is 0 Å². The third kappa shape index (κ3) is 3.21. The van der Waals surface area contributed by atoms with E-state index in [-0.39, 0.29) is 6.04 Å². The van der Waals surface area contributed by atoms with Gasteiger partial charge in [0, 0.05) is 22.4 Å². The van der Waals surface area contributed by atoms with Crippen LogP contribution in [0, 0.1) is 0 Å². The summed E-state index contributed by atoms with van der Waals surface area (Å²) in [7, 11) is 0. The number of nitrogens with two attached hydrogens (primary N) is 1. The fraction of sp³-hybridized carbons (Fsp3) is 0.154. The first kappa shape index (κ1) is 13.3. The summed E-state index contributed by atoms with van der Waals surface area (Å²) in [5.74, 6) is 5.60. The zero-order chi connectivity index (χ0) is 13.0. The number of rotatable bonds is 4. The fourth-order valence-electron chi connectivity index (χ4n) is 1.80. The van der Waals surface area contributed by atoms with Gasteiger partial charge in [-0.2, -0.15) is 0 Å². The van der Waals surface area contributed by atoms with E-state index in [9.17, 15) is 0 Å². The van der Waals surface area contributed by atoms with E-state index < -0.39 is 0 Å². The molecule has 0 saturated heterocycles. The first-order chi connectivity index (χ1) is 8.70. The Morgan fingerprint density at radius 2 is 1.89 bits per heavy atom. The highest BCUT2D eigenvalue weighted by Crippen LogP contribution is 2.27. The van der Waals surface area contributed by atoms with E-state index in [1.54, 1.807) is 24.5 Å². The number of benzene rings is 1. The van der Waals surface area contributed by atoms with Crippen LogP contribution >= 0.6 is 23.2 Å². The van der Waals surface area contributed by atoms with Crippen LogP contribution < -0.4 is 11.3 Å². The van der Waals surface area contributed by atoms with Gasteiger partial charge in [-0.05, 0) is 41.8 Å². The number of hydrogen-bond acceptors (Lipinski definition) is 3. The fourth-order valence-corrected chi connectivity index (χ4v) is 2.34. The second kappa shape index (κ2) is 6.16. The van der Waals surface area contributed by atoms with E-state index in [1.807, 2.05) is 18.2 Å². The molecule has 3 N–H and O–H groups in total. The lowest BCUT2D eigenvalue weighted by Crippen LogP contribution is -2.29. The lowest BCUT2D eigenvalue weighted by atomic mass is 10.00. The molecular formula is C13H13Cl2N3. The topological polar surface area (TPSA) is 50.9 Å². The van der Waals surface area contributed by atoms with Crippen LogP contribution in [0.1, 0.15) is 17.2 Å². The summed E-state index contributed by atoms with van der Waals surface area (Å²) in [6.07, 6.45) is 4.25. The molecule has 0 saturated carbocycles. The van der Waals surface area contributed by atoms with Crippen molar-refractivity contribution in [1.82, 2.24) is 10.4 Å². The Labute approximate surface area is 116 Å². The standard InChI is InChI=1S/C13H13Cl2N3/c14-10-1-2-11(12(15)8-10)13(18-16)7-9-3-5-17-6-4-9/h1-6,8,13,18H,7,16H2. The van der Waals surface area contributed by atoms with Crippen molar-refractivity contribution >= 4 is 23.2 Å². The molecule has 1 heterocycles. The van der Waals surface area contributed by atoms with Crippen LogP contribution in [-0.4, -0.2) is 4.98 Å². The van der Waals surface area contributed by atoms with Crippen molar-refractivity contribution in [2.45, 2.75) is 12.5 Å². The van der Waals surface area contributed by atoms with E-state index in [0.717, 1.165) is 17.5 Å². The largest absolute Gasteiger partial charge is 0.271 e. The number of pyridine rings is 1. The Kier molecular flexibility index (Phi) is 4.55. The van der Waals surface area contributed by atoms with Gasteiger partial charge in [0.15, 0.2) is 0 Å². The molecule has 0 aliphatic rings. The van der Waals surface area contributed by atoms with Crippen molar-refractivity contribution in [2.75, 3.05) is 0 Å². The summed E-state index contributed by atoms with van der Waals surface area (Å²) in [4.78, 5) is 3.99. The smallest absolute Gasteiger partial charge is 0.0515 e. The van der Waals surface area contributed by atoms with Crippen LogP contribution in [0.2, 0.25) is 10.0 Å². The van der Waals surface area contributed by atoms with Crippen molar-refractivity contribution in [2.24, 2.45) is 5.84 Å². The van der Waals surface area contributed by atoms with Crippen molar-refractivity contribution < 1.29 is 0 Å². The Bertz CT molecular complexity index is 517. The first-order valence-electron chi connectivity index (χ1n) is 5.50. The predicted octanol–water partition coefficient (Wildman–Crippen LogP) is 3.14. The highest BCUT2D eigenvalue weighted by atomic mass is 35.5. The second-order valence-electron chi connectivity index (χ2n) is 3.94. The van der Waals surface area contributed by atoms with Crippen LogP contribution in [0.4, 0.5) is 0 Å². The van der Waals surface area contributed by atoms with Gasteiger partial charge in [-0.3, -0.25) is 16.3 Å². The number of nitrogens with zero attached hydrogens (tertiary/aromatic N) is 1. The molecule has 1 aromatic carbocycles. The zero-order valence-corrected chi connectivity index (χ0v) is 11.1. The highest BCUT2D eigenvalue weighted by Gasteiger charge is 2.14. The third-order valence-electron chi connectivity index (χ3n) is 2.73. The van der Waals surface area contributed by atoms with Crippen molar-refractivity contribution in [3.05, 3.63) is 63.9 Å². The van der Waals surface area contributed by atoms with Crippen LogP contribution in [-0.2, 0) is 6.42 Å². The summed E-state index contributed by atoms with van der Waals surface area (Å²) in [6, 6.07) is 9.26. The van der Waals surface area contributed by atoms with Gasteiger partial charge in [-0.15, -0.1) is 0 Å². The van der Waals surface area contributed by atoms with Gasteiger partial charge >= 0.3 is 0 Å². The zero-order valence-electron chi connectivity index (χ0n) is 9.61. The molecule has 3 nitrogen and oxygen atoms in total. The predicted molar refractivity (Wildman–Crippen MR) is 74.5 cm³/mol. The van der Waals surface area contributed by atoms with Gasteiger partial charge in [0.2, 0.25) is 0 Å².